The minimum absolute atomic E-state index is 0.237. The summed E-state index contributed by atoms with van der Waals surface area (Å²) >= 11 is 7.33. The summed E-state index contributed by atoms with van der Waals surface area (Å²) < 4.78 is 5.44. The van der Waals surface area contributed by atoms with Crippen LogP contribution in [0.1, 0.15) is 11.0 Å². The summed E-state index contributed by atoms with van der Waals surface area (Å²) in [5.41, 5.74) is 0. The lowest BCUT2D eigenvalue weighted by molar-refractivity contribution is 0.111. The molecule has 0 amide bonds. The summed E-state index contributed by atoms with van der Waals surface area (Å²) in [5, 5.41) is 12.3. The van der Waals surface area contributed by atoms with Gasteiger partial charge >= 0.3 is 0 Å². The zero-order valence-electron chi connectivity index (χ0n) is 8.47. The predicted octanol–water partition coefficient (Wildman–Crippen LogP) is 3.51. The summed E-state index contributed by atoms with van der Waals surface area (Å²) in [4.78, 5) is 0.905. The molecule has 0 aliphatic rings. The third-order valence-corrected chi connectivity index (χ3v) is 3.28. The first-order valence-corrected chi connectivity index (χ1v) is 6.11. The van der Waals surface area contributed by atoms with E-state index >= 15 is 0 Å². The molecule has 0 aliphatic heterocycles. The Labute approximate surface area is 103 Å². The molecule has 0 fully saturated rings. The maximum Gasteiger partial charge on any atom is 0.122 e. The van der Waals surface area contributed by atoms with Crippen LogP contribution in [0.4, 0.5) is 0 Å². The number of rotatable bonds is 4. The summed E-state index contributed by atoms with van der Waals surface area (Å²) in [6.45, 7) is 0.237. The third kappa shape index (κ3) is 2.98. The van der Waals surface area contributed by atoms with E-state index in [2.05, 4.69) is 0 Å². The number of ether oxygens (including phenoxy) is 1. The van der Waals surface area contributed by atoms with Gasteiger partial charge < -0.3 is 9.84 Å². The van der Waals surface area contributed by atoms with Gasteiger partial charge in [-0.15, -0.1) is 11.3 Å². The molecule has 0 radical (unpaired) electrons. The number of hydrogen-bond acceptors (Lipinski definition) is 3. The smallest absolute Gasteiger partial charge is 0.122 e. The molecule has 84 valence electrons. The first kappa shape index (κ1) is 11.5. The van der Waals surface area contributed by atoms with Gasteiger partial charge in [-0.2, -0.15) is 0 Å². The van der Waals surface area contributed by atoms with Crippen molar-refractivity contribution in [3.8, 4) is 5.75 Å². The minimum atomic E-state index is -0.584. The molecule has 2 nitrogen and oxygen atoms in total. The molecule has 2 aromatic rings. The van der Waals surface area contributed by atoms with E-state index in [0.29, 0.717) is 10.8 Å². The molecule has 0 aliphatic carbocycles. The van der Waals surface area contributed by atoms with E-state index in [4.69, 9.17) is 16.3 Å². The minimum Gasteiger partial charge on any atom is -0.490 e. The van der Waals surface area contributed by atoms with Crippen molar-refractivity contribution in [1.29, 1.82) is 0 Å². The summed E-state index contributed by atoms with van der Waals surface area (Å²) in [6, 6.07) is 10.9. The Bertz CT molecular complexity index is 442. The van der Waals surface area contributed by atoms with Crippen molar-refractivity contribution in [3.63, 3.8) is 0 Å². The molecule has 1 heterocycles. The Morgan fingerprint density at radius 1 is 1.31 bits per heavy atom. The Kier molecular flexibility index (Phi) is 3.83. The molecular formula is C12H11ClO2S. The molecule has 0 saturated carbocycles. The SMILES string of the molecule is OC(COc1cccc(Cl)c1)c1cccs1. The molecule has 0 spiro atoms. The molecular weight excluding hydrogens is 244 g/mol. The van der Waals surface area contributed by atoms with E-state index in [0.717, 1.165) is 4.88 Å². The molecule has 1 unspecified atom stereocenters. The molecule has 1 aromatic carbocycles. The Hall–Kier alpha value is -1.03. The molecule has 1 atom stereocenters. The summed E-state index contributed by atoms with van der Waals surface area (Å²) in [6.07, 6.45) is -0.584. The Morgan fingerprint density at radius 2 is 2.19 bits per heavy atom. The van der Waals surface area contributed by atoms with Gasteiger partial charge in [0.1, 0.15) is 18.5 Å². The van der Waals surface area contributed by atoms with Crippen LogP contribution in [-0.2, 0) is 0 Å². The first-order chi connectivity index (χ1) is 7.75. The van der Waals surface area contributed by atoms with Crippen LogP contribution in [-0.4, -0.2) is 11.7 Å². The lowest BCUT2D eigenvalue weighted by Crippen LogP contribution is -2.08. The topological polar surface area (TPSA) is 29.5 Å². The quantitative estimate of drug-likeness (QED) is 0.905. The standard InChI is InChI=1S/C12H11ClO2S/c13-9-3-1-4-10(7-9)15-8-11(14)12-5-2-6-16-12/h1-7,11,14H,8H2. The number of aliphatic hydroxyl groups is 1. The van der Waals surface area contributed by atoms with E-state index in [-0.39, 0.29) is 6.61 Å². The fourth-order valence-corrected chi connectivity index (χ4v) is 2.17. The van der Waals surface area contributed by atoms with E-state index in [1.807, 2.05) is 29.6 Å². The van der Waals surface area contributed by atoms with Crippen LogP contribution in [0.3, 0.4) is 0 Å². The van der Waals surface area contributed by atoms with Crippen LogP contribution in [0.25, 0.3) is 0 Å². The molecule has 1 aromatic heterocycles. The molecule has 2 rings (SSSR count). The van der Waals surface area contributed by atoms with E-state index in [9.17, 15) is 5.11 Å². The predicted molar refractivity (Wildman–Crippen MR) is 66.2 cm³/mol. The largest absolute Gasteiger partial charge is 0.490 e. The normalized spacial score (nSPS) is 12.4. The average Bonchev–Trinajstić information content (AvgIpc) is 2.79. The van der Waals surface area contributed by atoms with Gasteiger partial charge in [-0.1, -0.05) is 23.7 Å². The Morgan fingerprint density at radius 3 is 2.88 bits per heavy atom. The fourth-order valence-electron chi connectivity index (χ4n) is 1.29. The zero-order valence-corrected chi connectivity index (χ0v) is 10.0. The summed E-state index contributed by atoms with van der Waals surface area (Å²) in [7, 11) is 0. The number of thiophene rings is 1. The molecule has 0 saturated heterocycles. The van der Waals surface area contributed by atoms with Crippen LogP contribution in [0.2, 0.25) is 5.02 Å². The van der Waals surface area contributed by atoms with E-state index in [1.54, 1.807) is 12.1 Å². The van der Waals surface area contributed by atoms with Gasteiger partial charge in [-0.05, 0) is 29.6 Å². The number of benzene rings is 1. The number of halogens is 1. The van der Waals surface area contributed by atoms with Crippen molar-refractivity contribution in [2.75, 3.05) is 6.61 Å². The highest BCUT2D eigenvalue weighted by Gasteiger charge is 2.09. The maximum absolute atomic E-state index is 9.79. The van der Waals surface area contributed by atoms with Crippen molar-refractivity contribution in [2.24, 2.45) is 0 Å². The second kappa shape index (κ2) is 5.34. The van der Waals surface area contributed by atoms with Gasteiger partial charge in [0.2, 0.25) is 0 Å². The highest BCUT2D eigenvalue weighted by Crippen LogP contribution is 2.22. The van der Waals surface area contributed by atoms with Gasteiger partial charge in [0.25, 0.3) is 0 Å². The van der Waals surface area contributed by atoms with Crippen molar-refractivity contribution in [3.05, 3.63) is 51.7 Å². The van der Waals surface area contributed by atoms with E-state index in [1.165, 1.54) is 11.3 Å². The van der Waals surface area contributed by atoms with Crippen molar-refractivity contribution < 1.29 is 9.84 Å². The number of aliphatic hydroxyl groups excluding tert-OH is 1. The lowest BCUT2D eigenvalue weighted by Gasteiger charge is -2.10. The Balaban J connectivity index is 1.92. The first-order valence-electron chi connectivity index (χ1n) is 4.85. The molecule has 16 heavy (non-hydrogen) atoms. The van der Waals surface area contributed by atoms with Crippen molar-refractivity contribution in [2.45, 2.75) is 6.10 Å². The van der Waals surface area contributed by atoms with Gasteiger partial charge in [0, 0.05) is 9.90 Å². The van der Waals surface area contributed by atoms with Crippen LogP contribution >= 0.6 is 22.9 Å². The van der Waals surface area contributed by atoms with Crippen molar-refractivity contribution in [1.82, 2.24) is 0 Å². The van der Waals surface area contributed by atoms with Crippen LogP contribution in [0, 0.1) is 0 Å². The second-order valence-electron chi connectivity index (χ2n) is 3.30. The second-order valence-corrected chi connectivity index (χ2v) is 4.72. The molecule has 0 bridgehead atoms. The monoisotopic (exact) mass is 254 g/mol. The van der Waals surface area contributed by atoms with Crippen LogP contribution in [0.15, 0.2) is 41.8 Å². The molecule has 1 N–H and O–H groups in total. The molecule has 4 heteroatoms. The van der Waals surface area contributed by atoms with Gasteiger partial charge in [0.15, 0.2) is 0 Å². The lowest BCUT2D eigenvalue weighted by atomic mass is 10.3. The highest BCUT2D eigenvalue weighted by molar-refractivity contribution is 7.10. The maximum atomic E-state index is 9.79. The van der Waals surface area contributed by atoms with Crippen LogP contribution in [0.5, 0.6) is 5.75 Å². The van der Waals surface area contributed by atoms with E-state index < -0.39 is 6.10 Å². The third-order valence-electron chi connectivity index (χ3n) is 2.08. The van der Waals surface area contributed by atoms with Crippen molar-refractivity contribution >= 4 is 22.9 Å². The fraction of sp³-hybridized carbons (Fsp3) is 0.167. The zero-order chi connectivity index (χ0) is 11.4. The average molecular weight is 255 g/mol. The van der Waals surface area contributed by atoms with Gasteiger partial charge in [-0.3, -0.25) is 0 Å². The van der Waals surface area contributed by atoms with Crippen LogP contribution < -0.4 is 4.74 Å². The van der Waals surface area contributed by atoms with Gasteiger partial charge in [-0.25, -0.2) is 0 Å². The van der Waals surface area contributed by atoms with Gasteiger partial charge in [0.05, 0.1) is 0 Å². The number of hydrogen-bond donors (Lipinski definition) is 1. The summed E-state index contributed by atoms with van der Waals surface area (Å²) in [5.74, 6) is 0.670. The highest BCUT2D eigenvalue weighted by atomic mass is 35.5.